The molecule has 666 valence electrons. The second-order valence-electron chi connectivity index (χ2n) is 26.8. The van der Waals surface area contributed by atoms with Crippen LogP contribution in [-0.4, -0.2) is 302 Å². The lowest BCUT2D eigenvalue weighted by Crippen LogP contribution is -2.36. The van der Waals surface area contributed by atoms with Gasteiger partial charge in [0.05, 0.1) is 63.2 Å². The molecule has 8 unspecified atom stereocenters. The zero-order valence-electron chi connectivity index (χ0n) is 68.0. The molecule has 5 aliphatic heterocycles. The molecule has 56 heteroatoms. The zero-order valence-corrected chi connectivity index (χ0v) is 71.5. The van der Waals surface area contributed by atoms with Crippen molar-refractivity contribution >= 4 is 119 Å². The molecular formula is C65H98N25O27P3S. The lowest BCUT2D eigenvalue weighted by atomic mass is 10.1. The summed E-state index contributed by atoms with van der Waals surface area (Å²) in [7, 11) is 8.99. The van der Waals surface area contributed by atoms with Crippen LogP contribution in [0.25, 0.3) is 55.8 Å². The van der Waals surface area contributed by atoms with Crippen molar-refractivity contribution in [3.05, 3.63) is 71.3 Å². The molecule has 5 saturated heterocycles. The van der Waals surface area contributed by atoms with Crippen molar-refractivity contribution in [2.24, 2.45) is 0 Å². The monoisotopic (exact) mass is 1790 g/mol. The third kappa shape index (κ3) is 19.7. The van der Waals surface area contributed by atoms with Crippen molar-refractivity contribution in [3.8, 4) is 0 Å². The first kappa shape index (κ1) is 93.2. The van der Waals surface area contributed by atoms with E-state index in [0.29, 0.717) is 77.4 Å². The van der Waals surface area contributed by atoms with Gasteiger partial charge in [-0.25, -0.2) is 64.0 Å². The van der Waals surface area contributed by atoms with Gasteiger partial charge in [-0.3, -0.25) is 65.0 Å². The van der Waals surface area contributed by atoms with Crippen molar-refractivity contribution in [1.29, 1.82) is 0 Å². The topological polar surface area (TPSA) is 667 Å². The molecule has 15 N–H and O–H groups in total. The molecular weight excluding hydrogens is 1690 g/mol. The SMILES string of the molecule is CC[C@H]1O[C@@H](n2cnc3c(=O)[nH]c(N)nc32)[C@@H](OC)C1OP(=O)(O)OC.CC[C@H]1O[C@@H](n2cnc3c(N)ncnc32)[C@@H](OC)C1OP(=O)(O)OC.CC[C@H]1O[C@@H](n2cnc3c(N)ncnc32)[C@@H](OC)C1OP(O)(=S)OC.COC[C@H]1O[C@@H](n2cnc3c(=O)[nH]c(N)nc32)[C@@H](OC)C1OC.COC[C@H]1O[C@@H](n2cnc3c(N)ncnc32)[C@@H](OC)C1OC. The molecule has 15 heterocycles. The van der Waals surface area contributed by atoms with E-state index in [2.05, 4.69) is 83.8 Å². The van der Waals surface area contributed by atoms with Crippen LogP contribution in [0.3, 0.4) is 0 Å². The summed E-state index contributed by atoms with van der Waals surface area (Å²) < 4.78 is 141. The van der Waals surface area contributed by atoms with E-state index in [-0.39, 0.29) is 76.8 Å². The van der Waals surface area contributed by atoms with Crippen molar-refractivity contribution in [3.63, 3.8) is 0 Å². The number of hydrogen-bond donors (Lipinski definition) is 10. The first-order chi connectivity index (χ1) is 57.9. The first-order valence-electron chi connectivity index (χ1n) is 36.8. The normalized spacial score (nSPS) is 28.6. The Morgan fingerprint density at radius 2 is 0.636 bits per heavy atom. The van der Waals surface area contributed by atoms with Gasteiger partial charge >= 0.3 is 22.4 Å². The maximum absolute atomic E-state index is 12.0. The third-order valence-electron chi connectivity index (χ3n) is 20.1. The van der Waals surface area contributed by atoms with Crippen molar-refractivity contribution in [2.75, 3.05) is 127 Å². The Morgan fingerprint density at radius 3 is 0.901 bits per heavy atom. The highest BCUT2D eigenvalue weighted by atomic mass is 32.5. The molecule has 0 bridgehead atoms. The number of nitrogens with zero attached hydrogens (tertiary/aromatic N) is 18. The molecule has 0 saturated carbocycles. The summed E-state index contributed by atoms with van der Waals surface area (Å²) in [5.41, 5.74) is 31.6. The summed E-state index contributed by atoms with van der Waals surface area (Å²) in [5, 5.41) is 0. The minimum absolute atomic E-state index is 0.00736. The average Bonchev–Trinajstić information content (AvgIpc) is 1.67. The van der Waals surface area contributed by atoms with Gasteiger partial charge in [0.15, 0.2) is 87.9 Å². The number of methoxy groups -OCH3 is 9. The fraction of sp³-hybridized carbons (Fsp3) is 0.615. The number of anilines is 5. The highest BCUT2D eigenvalue weighted by Gasteiger charge is 2.54. The number of phosphoric ester groups is 2. The fourth-order valence-electron chi connectivity index (χ4n) is 14.5. The van der Waals surface area contributed by atoms with Gasteiger partial charge in [-0.1, -0.05) is 20.8 Å². The van der Waals surface area contributed by atoms with Crippen LogP contribution >= 0.6 is 22.4 Å². The number of ether oxygens (including phenoxy) is 14. The Balaban J connectivity index is 0.000000148. The summed E-state index contributed by atoms with van der Waals surface area (Å²) in [6.45, 7) is 3.01. The molecule has 15 rings (SSSR count). The molecule has 10 aromatic heterocycles. The minimum Gasteiger partial charge on any atom is -0.382 e. The van der Waals surface area contributed by atoms with Crippen molar-refractivity contribution in [2.45, 2.75) is 163 Å². The maximum Gasteiger partial charge on any atom is 0.472 e. The second kappa shape index (κ2) is 40.5. The summed E-state index contributed by atoms with van der Waals surface area (Å²) >= 11 is 4.97. The number of nitrogen functional groups attached to an aromatic ring is 5. The van der Waals surface area contributed by atoms with Crippen LogP contribution in [0.2, 0.25) is 0 Å². The highest BCUT2D eigenvalue weighted by molar-refractivity contribution is 8.07. The number of phosphoric acid groups is 2. The molecule has 0 spiro atoms. The Bertz CT molecular complexity index is 5270. The number of aromatic amines is 2. The van der Waals surface area contributed by atoms with Gasteiger partial charge in [-0.15, -0.1) is 0 Å². The van der Waals surface area contributed by atoms with Crippen molar-refractivity contribution < 1.29 is 117 Å². The fourth-order valence-corrected chi connectivity index (χ4v) is 16.7. The molecule has 121 heavy (non-hydrogen) atoms. The Hall–Kier alpha value is -8.46. The van der Waals surface area contributed by atoms with Crippen LogP contribution < -0.4 is 39.8 Å². The predicted molar refractivity (Wildman–Crippen MR) is 426 cm³/mol. The number of nitrogens with one attached hydrogen (secondary N) is 2. The van der Waals surface area contributed by atoms with E-state index in [1.807, 2.05) is 20.8 Å². The van der Waals surface area contributed by atoms with E-state index in [9.17, 15) is 33.4 Å². The predicted octanol–water partition coefficient (Wildman–Crippen LogP) is 1.26. The summed E-state index contributed by atoms with van der Waals surface area (Å²) in [6, 6.07) is 0. The minimum atomic E-state index is -4.27. The summed E-state index contributed by atoms with van der Waals surface area (Å²) in [6.07, 6.45) is 2.59. The number of imidazole rings is 5. The van der Waals surface area contributed by atoms with E-state index in [1.165, 1.54) is 71.0 Å². The molecule has 10 aromatic rings. The van der Waals surface area contributed by atoms with E-state index in [0.717, 1.165) is 14.2 Å². The molecule has 0 radical (unpaired) electrons. The van der Waals surface area contributed by atoms with Crippen LogP contribution in [0, 0.1) is 0 Å². The second-order valence-corrected chi connectivity index (χ2v) is 32.7. The van der Waals surface area contributed by atoms with Gasteiger partial charge in [0, 0.05) is 85.3 Å². The molecule has 0 aromatic carbocycles. The number of hydrogen-bond acceptors (Lipinski definition) is 43. The van der Waals surface area contributed by atoms with Gasteiger partial charge < -0.3 is 114 Å². The molecule has 52 nitrogen and oxygen atoms in total. The lowest BCUT2D eigenvalue weighted by Gasteiger charge is -2.26. The lowest BCUT2D eigenvalue weighted by molar-refractivity contribution is -0.0636. The van der Waals surface area contributed by atoms with Crippen LogP contribution in [0.5, 0.6) is 0 Å². The zero-order chi connectivity index (χ0) is 87.7. The quantitative estimate of drug-likeness (QED) is 0.0309. The molecule has 23 atom stereocenters. The van der Waals surface area contributed by atoms with E-state index in [4.69, 9.17) is 125 Å². The number of rotatable bonds is 28. The molecule has 5 aliphatic rings. The number of fused-ring (bicyclic) bond motifs is 5. The largest absolute Gasteiger partial charge is 0.472 e. The van der Waals surface area contributed by atoms with Crippen molar-refractivity contribution in [1.82, 2.24) is 97.6 Å². The molecule has 0 aliphatic carbocycles. The van der Waals surface area contributed by atoms with E-state index >= 15 is 0 Å². The number of nitrogens with two attached hydrogens (primary N) is 5. The van der Waals surface area contributed by atoms with Gasteiger partial charge in [-0.2, -0.15) is 9.97 Å². The van der Waals surface area contributed by atoms with E-state index < -0.39 is 120 Å². The maximum atomic E-state index is 12.0. The first-order valence-corrected chi connectivity index (χ1v) is 42.4. The Morgan fingerprint density at radius 1 is 0.372 bits per heavy atom. The summed E-state index contributed by atoms with van der Waals surface area (Å²) in [4.78, 5) is 112. The smallest absolute Gasteiger partial charge is 0.382 e. The number of H-pyrrole nitrogens is 2. The molecule has 5 fully saturated rings. The van der Waals surface area contributed by atoms with Crippen LogP contribution in [-0.2, 0) is 114 Å². The van der Waals surface area contributed by atoms with Crippen LogP contribution in [0.4, 0.5) is 29.4 Å². The highest BCUT2D eigenvalue weighted by Crippen LogP contribution is 2.52. The summed E-state index contributed by atoms with van der Waals surface area (Å²) in [5.74, 6) is 0.784. The van der Waals surface area contributed by atoms with Gasteiger partial charge in [0.25, 0.3) is 11.1 Å². The Kier molecular flexibility index (Phi) is 31.2. The third-order valence-corrected chi connectivity index (χ3v) is 23.7. The van der Waals surface area contributed by atoms with Gasteiger partial charge in [0.2, 0.25) is 11.9 Å². The Labute approximate surface area is 692 Å². The number of aromatic nitrogens is 20. The van der Waals surface area contributed by atoms with Gasteiger partial charge in [-0.05, 0) is 31.1 Å². The van der Waals surface area contributed by atoms with E-state index in [1.54, 1.807) is 73.6 Å². The average molecular weight is 1790 g/mol. The van der Waals surface area contributed by atoms with Crippen LogP contribution in [0.1, 0.15) is 71.2 Å². The molecule has 0 amide bonds. The standard InChI is InChI=1S/C13H20N5O7P.C13H20N5O6P.C13H20N5O5PS.C13H19N5O5.C13H19N5O4/c1-4-6-8(25-26(20,21)23-3)9(22-2)12(24-6)18-5-15-7-10(18)16-13(14)17-11(7)19;1-4-7-9(24-25(19,20)22-3)10(21-2)13(23-7)18-6-17-8-11(14)15-5-16-12(8)18;1-4-7-9(23-24(19,25)21-3)10(20-2)13(22-7)18-6-17-8-11(14)15-5-16-12(8)18;1-20-4-6-8(21-2)9(22-3)12(23-6)18-5-15-7-10(18)16-13(14)17-11(7)19;1-19-4-7-9(20-2)10(21-3)13(22-7)18-6-17-8-11(14)15-5-16-12(8)18/h5-6,8-9,12H,4H2,1-3H3,(H,20,21)(H3,14,16,17,19);5-7,9-10,13H,4H2,1-3H3,(H,19,20)(H2,14,15,16);5-7,9-10,13H,4H2,1-3H3,(H,19,25)(H2,14,15,16);5-6,8-9,12H,4H2,1-3H3,(H3,14,16,17,19);5-7,9-10,13H,4H2,1-3H3,(H2,14,15,16)/t6-,8?,9+,12-;7-,9?,10+,13-;7-,9?,10+,13-,24?;6-,8?,9+,12-;7-,9?,10+,13-/m11111/s1. The van der Waals surface area contributed by atoms with Crippen LogP contribution in [0.15, 0.2) is 60.2 Å². The van der Waals surface area contributed by atoms with Gasteiger partial charge in [0.1, 0.15) is 109 Å².